The average molecular weight is 247 g/mol. The Morgan fingerprint density at radius 2 is 2.06 bits per heavy atom. The van der Waals surface area contributed by atoms with Gasteiger partial charge in [0.2, 0.25) is 11.8 Å². The molecule has 2 amide bonds. The van der Waals surface area contributed by atoms with Crippen LogP contribution in [0.5, 0.6) is 0 Å². The van der Waals surface area contributed by atoms with Crippen LogP contribution in [0, 0.1) is 17.3 Å². The van der Waals surface area contributed by atoms with Gasteiger partial charge in [-0.15, -0.1) is 0 Å². The number of piperidine rings is 1. The second kappa shape index (κ2) is 2.57. The van der Waals surface area contributed by atoms with Crippen LogP contribution in [0.4, 0.5) is 0 Å². The van der Waals surface area contributed by atoms with Crippen molar-refractivity contribution in [3.8, 4) is 0 Å². The molecule has 1 spiro atoms. The first-order chi connectivity index (χ1) is 8.42. The van der Waals surface area contributed by atoms with Crippen molar-refractivity contribution in [2.24, 2.45) is 17.3 Å². The Kier molecular flexibility index (Phi) is 1.53. The minimum Gasteiger partial charge on any atom is -0.359 e. The molecule has 0 N–H and O–H groups in total. The van der Waals surface area contributed by atoms with E-state index < -0.39 is 16.6 Å². The summed E-state index contributed by atoms with van der Waals surface area (Å²) in [6.07, 6.45) is 4.84. The Labute approximate surface area is 106 Å². The maximum atomic E-state index is 12.7. The Morgan fingerprint density at radius 1 is 1.33 bits per heavy atom. The molecule has 2 saturated heterocycles. The summed E-state index contributed by atoms with van der Waals surface area (Å²) in [6, 6.07) is 0. The van der Waals surface area contributed by atoms with Gasteiger partial charge in [-0.1, -0.05) is 19.1 Å². The zero-order valence-corrected chi connectivity index (χ0v) is 10.9. The third-order valence-electron chi connectivity index (χ3n) is 5.39. The Balaban J connectivity index is 1.83. The van der Waals surface area contributed by atoms with Crippen molar-refractivity contribution in [1.82, 2.24) is 4.90 Å². The smallest absolute Gasteiger partial charge is 0.239 e. The Morgan fingerprint density at radius 3 is 2.72 bits per heavy atom. The summed E-state index contributed by atoms with van der Waals surface area (Å²) >= 11 is 0. The number of hydrogen-bond donors (Lipinski definition) is 0. The van der Waals surface area contributed by atoms with Gasteiger partial charge >= 0.3 is 0 Å². The monoisotopic (exact) mass is 247 g/mol. The molecule has 4 nitrogen and oxygen atoms in total. The summed E-state index contributed by atoms with van der Waals surface area (Å²) in [6.45, 7) is 6.48. The van der Waals surface area contributed by atoms with Gasteiger partial charge in [0.05, 0.1) is 11.5 Å². The van der Waals surface area contributed by atoms with E-state index in [2.05, 4.69) is 0 Å². The van der Waals surface area contributed by atoms with E-state index in [9.17, 15) is 9.59 Å². The first-order valence-electron chi connectivity index (χ1n) is 6.69. The van der Waals surface area contributed by atoms with E-state index in [0.29, 0.717) is 6.54 Å². The lowest BCUT2D eigenvalue weighted by Crippen LogP contribution is -2.44. The van der Waals surface area contributed by atoms with Gasteiger partial charge in [0.25, 0.3) is 0 Å². The lowest BCUT2D eigenvalue weighted by molar-refractivity contribution is -0.144. The number of likely N-dealkylation sites (tertiary alicyclic amines) is 1. The third kappa shape index (κ3) is 0.743. The zero-order valence-electron chi connectivity index (χ0n) is 10.9. The topological polar surface area (TPSA) is 46.6 Å². The number of ether oxygens (including phenoxy) is 1. The molecule has 3 heterocycles. The fourth-order valence-electron chi connectivity index (χ4n) is 4.77. The van der Waals surface area contributed by atoms with Crippen LogP contribution in [0.2, 0.25) is 0 Å². The average Bonchev–Trinajstić information content (AvgIpc) is 2.82. The van der Waals surface area contributed by atoms with E-state index in [-0.39, 0.29) is 23.7 Å². The molecule has 0 aromatic rings. The van der Waals surface area contributed by atoms with Crippen molar-refractivity contribution in [3.05, 3.63) is 12.2 Å². The molecular formula is C14H17NO3. The molecular weight excluding hydrogens is 230 g/mol. The van der Waals surface area contributed by atoms with Gasteiger partial charge in [0.1, 0.15) is 11.0 Å². The van der Waals surface area contributed by atoms with Crippen molar-refractivity contribution in [1.29, 1.82) is 0 Å². The summed E-state index contributed by atoms with van der Waals surface area (Å²) in [7, 11) is 0. The molecule has 4 aliphatic rings. The van der Waals surface area contributed by atoms with Gasteiger partial charge < -0.3 is 4.74 Å². The van der Waals surface area contributed by atoms with Gasteiger partial charge in [0, 0.05) is 12.5 Å². The van der Waals surface area contributed by atoms with E-state index in [4.69, 9.17) is 4.74 Å². The number of hydrogen-bond acceptors (Lipinski definition) is 3. The molecule has 4 rings (SSSR count). The predicted molar refractivity (Wildman–Crippen MR) is 63.5 cm³/mol. The highest BCUT2D eigenvalue weighted by atomic mass is 16.5. The highest BCUT2D eigenvalue weighted by Gasteiger charge is 2.93. The third-order valence-corrected chi connectivity index (χ3v) is 5.39. The number of amides is 2. The SMILES string of the molecule is CCCN1C(=O)C2C3C4(C)C=CC(C)(O4)C23C1=O. The zero-order chi connectivity index (χ0) is 12.9. The molecule has 4 heteroatoms. The fraction of sp³-hybridized carbons (Fsp3) is 0.714. The lowest BCUT2D eigenvalue weighted by Gasteiger charge is -2.28. The van der Waals surface area contributed by atoms with Crippen molar-refractivity contribution in [3.63, 3.8) is 0 Å². The van der Waals surface area contributed by atoms with Crippen molar-refractivity contribution in [2.45, 2.75) is 38.4 Å². The summed E-state index contributed by atoms with van der Waals surface area (Å²) in [4.78, 5) is 26.5. The minimum absolute atomic E-state index is 0.0000694. The standard InChI is InChI=1S/C14H17NO3/c1-4-7-15-10(16)8-9-12(2)5-6-13(3,18-12)14(8,9)11(15)17/h5-6,8-9H,4,7H2,1-3H3. The van der Waals surface area contributed by atoms with Crippen LogP contribution in [0.1, 0.15) is 27.2 Å². The maximum Gasteiger partial charge on any atom is 0.239 e. The summed E-state index contributed by atoms with van der Waals surface area (Å²) in [5.41, 5.74) is -1.57. The van der Waals surface area contributed by atoms with E-state index in [1.54, 1.807) is 0 Å². The molecule has 5 unspecified atom stereocenters. The molecule has 1 saturated carbocycles. The Hall–Kier alpha value is -1.16. The molecule has 1 aliphatic carbocycles. The molecule has 3 fully saturated rings. The van der Waals surface area contributed by atoms with Crippen LogP contribution in [0.3, 0.4) is 0 Å². The quantitative estimate of drug-likeness (QED) is 0.542. The number of nitrogens with zero attached hydrogens (tertiary/aromatic N) is 1. The van der Waals surface area contributed by atoms with Gasteiger partial charge in [0.15, 0.2) is 0 Å². The molecule has 2 bridgehead atoms. The van der Waals surface area contributed by atoms with Gasteiger partial charge in [-0.3, -0.25) is 14.5 Å². The van der Waals surface area contributed by atoms with Gasteiger partial charge in [-0.05, 0) is 20.3 Å². The van der Waals surface area contributed by atoms with E-state index >= 15 is 0 Å². The normalized spacial score (nSPS) is 55.2. The van der Waals surface area contributed by atoms with E-state index in [1.807, 2.05) is 32.9 Å². The van der Waals surface area contributed by atoms with Crippen LogP contribution in [-0.4, -0.2) is 34.5 Å². The number of carbonyl (C=O) groups excluding carboxylic acids is 2. The fourth-order valence-corrected chi connectivity index (χ4v) is 4.77. The van der Waals surface area contributed by atoms with Crippen LogP contribution in [0.25, 0.3) is 0 Å². The van der Waals surface area contributed by atoms with Crippen LogP contribution >= 0.6 is 0 Å². The van der Waals surface area contributed by atoms with Crippen molar-refractivity contribution < 1.29 is 14.3 Å². The van der Waals surface area contributed by atoms with E-state index in [0.717, 1.165) is 6.42 Å². The molecule has 3 aliphatic heterocycles. The predicted octanol–water partition coefficient (Wildman–Crippen LogP) is 1.11. The summed E-state index contributed by atoms with van der Waals surface area (Å²) in [5.74, 6) is -0.0559. The molecule has 5 atom stereocenters. The molecule has 0 radical (unpaired) electrons. The molecule has 0 aromatic heterocycles. The number of fused-ring (bicyclic) bond motifs is 4. The second-order valence-corrected chi connectivity index (χ2v) is 6.35. The van der Waals surface area contributed by atoms with Crippen molar-refractivity contribution in [2.75, 3.05) is 6.54 Å². The van der Waals surface area contributed by atoms with Crippen LogP contribution < -0.4 is 0 Å². The largest absolute Gasteiger partial charge is 0.359 e. The van der Waals surface area contributed by atoms with E-state index in [1.165, 1.54) is 4.90 Å². The Bertz CT molecular complexity index is 527. The molecule has 18 heavy (non-hydrogen) atoms. The summed E-state index contributed by atoms with van der Waals surface area (Å²) in [5, 5.41) is 0. The van der Waals surface area contributed by atoms with Crippen molar-refractivity contribution >= 4 is 11.8 Å². The van der Waals surface area contributed by atoms with Crippen LogP contribution in [0.15, 0.2) is 12.2 Å². The first-order valence-corrected chi connectivity index (χ1v) is 6.69. The highest BCUT2D eigenvalue weighted by Crippen LogP contribution is 2.81. The molecule has 0 aromatic carbocycles. The highest BCUT2D eigenvalue weighted by molar-refractivity contribution is 6.14. The maximum absolute atomic E-state index is 12.7. The van der Waals surface area contributed by atoms with Crippen LogP contribution in [-0.2, 0) is 14.3 Å². The lowest BCUT2D eigenvalue weighted by atomic mass is 9.79. The summed E-state index contributed by atoms with van der Waals surface area (Å²) < 4.78 is 6.05. The number of carbonyl (C=O) groups is 2. The minimum atomic E-state index is -0.581. The first kappa shape index (κ1) is 10.7. The number of rotatable bonds is 2. The van der Waals surface area contributed by atoms with Gasteiger partial charge in [-0.2, -0.15) is 0 Å². The van der Waals surface area contributed by atoms with Gasteiger partial charge in [-0.25, -0.2) is 0 Å². The molecule has 96 valence electrons. The number of imide groups is 1. The second-order valence-electron chi connectivity index (χ2n) is 6.35.